The quantitative estimate of drug-likeness (QED) is 0.357. The molecule has 2 amide bonds. The van der Waals surface area contributed by atoms with Crippen molar-refractivity contribution in [2.24, 2.45) is 0 Å². The molecule has 0 saturated heterocycles. The van der Waals surface area contributed by atoms with E-state index in [9.17, 15) is 18.0 Å². The van der Waals surface area contributed by atoms with Crippen molar-refractivity contribution in [3.63, 3.8) is 0 Å². The van der Waals surface area contributed by atoms with E-state index in [0.717, 1.165) is 14.3 Å². The van der Waals surface area contributed by atoms with Crippen LogP contribution in [0.3, 0.4) is 0 Å². The number of methoxy groups -OCH3 is 2. The zero-order valence-electron chi connectivity index (χ0n) is 21.5. The Morgan fingerprint density at radius 1 is 0.974 bits per heavy atom. The topological polar surface area (TPSA) is 105 Å². The first-order valence-electron chi connectivity index (χ1n) is 11.7. The van der Waals surface area contributed by atoms with Crippen molar-refractivity contribution < 1.29 is 27.5 Å². The van der Waals surface area contributed by atoms with E-state index in [2.05, 4.69) is 21.2 Å². The maximum Gasteiger partial charge on any atom is 0.264 e. The smallest absolute Gasteiger partial charge is 0.264 e. The second kappa shape index (κ2) is 12.8. The van der Waals surface area contributed by atoms with Crippen LogP contribution < -0.4 is 19.1 Å². The van der Waals surface area contributed by atoms with Crippen LogP contribution in [0, 0.1) is 0 Å². The molecule has 3 rings (SSSR count). The predicted molar refractivity (Wildman–Crippen MR) is 149 cm³/mol. The zero-order chi connectivity index (χ0) is 27.9. The number of hydrogen-bond donors (Lipinski definition) is 1. The molecular weight excluding hydrogens is 574 g/mol. The van der Waals surface area contributed by atoms with E-state index in [1.807, 2.05) is 24.3 Å². The third-order valence-corrected chi connectivity index (χ3v) is 8.25. The number of rotatable bonds is 11. The van der Waals surface area contributed by atoms with Crippen LogP contribution in [0.25, 0.3) is 0 Å². The molecule has 0 radical (unpaired) electrons. The van der Waals surface area contributed by atoms with Crippen LogP contribution in [0.4, 0.5) is 5.69 Å². The van der Waals surface area contributed by atoms with Crippen LogP contribution in [0.5, 0.6) is 11.5 Å². The molecule has 1 N–H and O–H groups in total. The number of ether oxygens (including phenoxy) is 2. The third kappa shape index (κ3) is 6.65. The highest BCUT2D eigenvalue weighted by atomic mass is 79.9. The number of hydrogen-bond acceptors (Lipinski definition) is 6. The molecule has 0 unspecified atom stereocenters. The van der Waals surface area contributed by atoms with Crippen molar-refractivity contribution in [2.45, 2.75) is 24.4 Å². The Hall–Kier alpha value is -3.57. The van der Waals surface area contributed by atoms with Crippen molar-refractivity contribution in [3.8, 4) is 11.5 Å². The van der Waals surface area contributed by atoms with Gasteiger partial charge in [-0.2, -0.15) is 0 Å². The Kier molecular flexibility index (Phi) is 9.76. The molecule has 3 aromatic carbocycles. The SMILES string of the molecule is CNC(=O)[C@@H](C)N(Cc1ccc(Br)cc1)C(=O)CN(c1cc(OC)ccc1OC)S(=O)(=O)c1ccccc1. The number of carbonyl (C=O) groups is 2. The summed E-state index contributed by atoms with van der Waals surface area (Å²) in [7, 11) is 0.121. The van der Waals surface area contributed by atoms with Gasteiger partial charge in [0, 0.05) is 24.1 Å². The van der Waals surface area contributed by atoms with E-state index < -0.39 is 28.5 Å². The molecular formula is C27H30BrN3O6S. The first-order valence-corrected chi connectivity index (χ1v) is 13.9. The predicted octanol–water partition coefficient (Wildman–Crippen LogP) is 3.82. The molecule has 202 valence electrons. The number of nitrogens with one attached hydrogen (secondary N) is 1. The Morgan fingerprint density at radius 3 is 2.21 bits per heavy atom. The normalized spacial score (nSPS) is 11.8. The molecule has 11 heteroatoms. The highest BCUT2D eigenvalue weighted by Gasteiger charge is 2.33. The van der Waals surface area contributed by atoms with Gasteiger partial charge in [0.1, 0.15) is 24.1 Å². The monoisotopic (exact) mass is 603 g/mol. The minimum absolute atomic E-state index is 0.00326. The highest BCUT2D eigenvalue weighted by molar-refractivity contribution is 9.10. The summed E-state index contributed by atoms with van der Waals surface area (Å²) in [4.78, 5) is 27.8. The van der Waals surface area contributed by atoms with Crippen molar-refractivity contribution in [1.82, 2.24) is 10.2 Å². The van der Waals surface area contributed by atoms with Crippen LogP contribution in [0.2, 0.25) is 0 Å². The lowest BCUT2D eigenvalue weighted by molar-refractivity contribution is -0.139. The van der Waals surface area contributed by atoms with E-state index in [1.54, 1.807) is 37.3 Å². The molecule has 0 aliphatic heterocycles. The number of amides is 2. The average molecular weight is 605 g/mol. The summed E-state index contributed by atoms with van der Waals surface area (Å²) in [6.07, 6.45) is 0. The van der Waals surface area contributed by atoms with Crippen molar-refractivity contribution >= 4 is 43.5 Å². The van der Waals surface area contributed by atoms with Gasteiger partial charge in [-0.15, -0.1) is 0 Å². The standard InChI is InChI=1S/C27H30BrN3O6S/c1-19(27(33)29-2)30(17-20-10-12-21(28)13-11-20)26(32)18-31(38(34,35)23-8-6-5-7-9-23)24-16-22(36-3)14-15-25(24)37-4/h5-16,19H,17-18H2,1-4H3,(H,29,33)/t19-/m1/s1. The van der Waals surface area contributed by atoms with E-state index in [1.165, 1.54) is 44.4 Å². The molecule has 38 heavy (non-hydrogen) atoms. The molecule has 0 bridgehead atoms. The van der Waals surface area contributed by atoms with Gasteiger partial charge in [-0.3, -0.25) is 13.9 Å². The molecule has 0 heterocycles. The lowest BCUT2D eigenvalue weighted by Crippen LogP contribution is -2.50. The van der Waals surface area contributed by atoms with Crippen LogP contribution in [-0.4, -0.2) is 59.0 Å². The highest BCUT2D eigenvalue weighted by Crippen LogP contribution is 2.36. The Morgan fingerprint density at radius 2 is 1.63 bits per heavy atom. The van der Waals surface area contributed by atoms with Gasteiger partial charge >= 0.3 is 0 Å². The van der Waals surface area contributed by atoms with Gasteiger partial charge in [-0.1, -0.05) is 46.3 Å². The number of halogens is 1. The van der Waals surface area contributed by atoms with Gasteiger partial charge in [0.15, 0.2) is 0 Å². The lowest BCUT2D eigenvalue weighted by atomic mass is 10.1. The second-order valence-corrected chi connectivity index (χ2v) is 11.1. The van der Waals surface area contributed by atoms with Crippen LogP contribution in [0.1, 0.15) is 12.5 Å². The molecule has 0 fully saturated rings. The minimum Gasteiger partial charge on any atom is -0.497 e. The second-order valence-electron chi connectivity index (χ2n) is 8.30. The zero-order valence-corrected chi connectivity index (χ0v) is 24.0. The summed E-state index contributed by atoms with van der Waals surface area (Å²) in [5, 5.41) is 2.56. The number of nitrogens with zero attached hydrogens (tertiary/aromatic N) is 2. The first-order chi connectivity index (χ1) is 18.1. The van der Waals surface area contributed by atoms with Gasteiger partial charge in [0.2, 0.25) is 11.8 Å². The van der Waals surface area contributed by atoms with Crippen molar-refractivity contribution in [2.75, 3.05) is 32.1 Å². The summed E-state index contributed by atoms with van der Waals surface area (Å²) >= 11 is 3.39. The summed E-state index contributed by atoms with van der Waals surface area (Å²) in [6, 6.07) is 18.9. The summed E-state index contributed by atoms with van der Waals surface area (Å²) < 4.78 is 40.4. The van der Waals surface area contributed by atoms with Crippen LogP contribution in [0.15, 0.2) is 82.2 Å². The summed E-state index contributed by atoms with van der Waals surface area (Å²) in [5.74, 6) is -0.343. The number of anilines is 1. The van der Waals surface area contributed by atoms with E-state index in [0.29, 0.717) is 5.75 Å². The third-order valence-electron chi connectivity index (χ3n) is 5.94. The number of benzene rings is 3. The lowest BCUT2D eigenvalue weighted by Gasteiger charge is -2.32. The summed E-state index contributed by atoms with van der Waals surface area (Å²) in [5.41, 5.74) is 0.897. The molecule has 0 saturated carbocycles. The van der Waals surface area contributed by atoms with Gasteiger partial charge in [0.05, 0.1) is 24.8 Å². The largest absolute Gasteiger partial charge is 0.497 e. The molecule has 9 nitrogen and oxygen atoms in total. The van der Waals surface area contributed by atoms with E-state index in [-0.39, 0.29) is 28.8 Å². The Labute approximate surface area is 231 Å². The molecule has 0 spiro atoms. The number of sulfonamides is 1. The van der Waals surface area contributed by atoms with E-state index >= 15 is 0 Å². The van der Waals surface area contributed by atoms with E-state index in [4.69, 9.17) is 9.47 Å². The molecule has 1 atom stereocenters. The number of carbonyl (C=O) groups excluding carboxylic acids is 2. The van der Waals surface area contributed by atoms with Crippen molar-refractivity contribution in [1.29, 1.82) is 0 Å². The molecule has 0 aromatic heterocycles. The first kappa shape index (κ1) is 29.0. The maximum absolute atomic E-state index is 13.9. The molecule has 3 aromatic rings. The number of likely N-dealkylation sites (N-methyl/N-ethyl adjacent to an activating group) is 1. The van der Waals surface area contributed by atoms with Gasteiger partial charge in [0.25, 0.3) is 10.0 Å². The van der Waals surface area contributed by atoms with Gasteiger partial charge in [-0.05, 0) is 48.9 Å². The van der Waals surface area contributed by atoms with Crippen LogP contribution in [-0.2, 0) is 26.2 Å². The summed E-state index contributed by atoms with van der Waals surface area (Å²) in [6.45, 7) is 1.10. The molecule has 0 aliphatic rings. The fourth-order valence-electron chi connectivity index (χ4n) is 3.80. The fourth-order valence-corrected chi connectivity index (χ4v) is 5.50. The maximum atomic E-state index is 13.9. The average Bonchev–Trinajstić information content (AvgIpc) is 2.94. The minimum atomic E-state index is -4.23. The Bertz CT molecular complexity index is 1370. The van der Waals surface area contributed by atoms with Gasteiger partial charge < -0.3 is 19.7 Å². The Balaban J connectivity index is 2.10. The van der Waals surface area contributed by atoms with Gasteiger partial charge in [-0.25, -0.2) is 8.42 Å². The molecule has 0 aliphatic carbocycles. The van der Waals surface area contributed by atoms with Crippen LogP contribution >= 0.6 is 15.9 Å². The van der Waals surface area contributed by atoms with Crippen molar-refractivity contribution in [3.05, 3.63) is 82.8 Å². The fraction of sp³-hybridized carbons (Fsp3) is 0.259.